The van der Waals surface area contributed by atoms with Crippen molar-refractivity contribution in [2.45, 2.75) is 24.8 Å². The van der Waals surface area contributed by atoms with Crippen LogP contribution in [0.15, 0.2) is 53.7 Å². The first-order valence-electron chi connectivity index (χ1n) is 6.87. The Kier molecular flexibility index (Phi) is 5.27. The molecule has 0 unspecified atom stereocenters. The number of aromatic nitrogens is 1. The lowest BCUT2D eigenvalue weighted by molar-refractivity contribution is -0.141. The number of aryl methyl sites for hydroxylation is 1. The second-order valence-corrected chi connectivity index (χ2v) is 6.76. The molecular formula is C16H17NO4S. The molecule has 0 saturated carbocycles. The monoisotopic (exact) mass is 319 g/mol. The van der Waals surface area contributed by atoms with Gasteiger partial charge in [-0.25, -0.2) is 8.42 Å². The first-order chi connectivity index (χ1) is 10.5. The maximum Gasteiger partial charge on any atom is 0.321 e. The normalized spacial score (nSPS) is 11.1. The van der Waals surface area contributed by atoms with E-state index >= 15 is 0 Å². The Morgan fingerprint density at radius 1 is 1.05 bits per heavy atom. The van der Waals surface area contributed by atoms with Gasteiger partial charge < -0.3 is 4.74 Å². The number of nitrogens with zero attached hydrogens (tertiary/aromatic N) is 1. The summed E-state index contributed by atoms with van der Waals surface area (Å²) in [5.41, 5.74) is 1.80. The number of esters is 1. The Balaban J connectivity index is 1.97. The summed E-state index contributed by atoms with van der Waals surface area (Å²) < 4.78 is 29.3. The van der Waals surface area contributed by atoms with E-state index in [1.807, 2.05) is 6.92 Å². The fraction of sp³-hybridized carbons (Fsp3) is 0.250. The zero-order chi connectivity index (χ0) is 16.0. The van der Waals surface area contributed by atoms with Crippen molar-refractivity contribution < 1.29 is 17.9 Å². The molecule has 0 saturated heterocycles. The van der Waals surface area contributed by atoms with Crippen molar-refractivity contribution >= 4 is 15.8 Å². The number of rotatable bonds is 6. The van der Waals surface area contributed by atoms with Crippen molar-refractivity contribution in [3.63, 3.8) is 0 Å². The zero-order valence-corrected chi connectivity index (χ0v) is 13.0. The predicted octanol–water partition coefficient (Wildman–Crippen LogP) is 2.16. The van der Waals surface area contributed by atoms with Crippen molar-refractivity contribution in [2.75, 3.05) is 5.75 Å². The quantitative estimate of drug-likeness (QED) is 0.763. The minimum atomic E-state index is -3.68. The summed E-state index contributed by atoms with van der Waals surface area (Å²) in [5.74, 6) is -1.43. The van der Waals surface area contributed by atoms with E-state index < -0.39 is 21.6 Å². The van der Waals surface area contributed by atoms with Gasteiger partial charge in [-0.1, -0.05) is 19.1 Å². The summed E-state index contributed by atoms with van der Waals surface area (Å²) in [6.45, 7) is 2.02. The van der Waals surface area contributed by atoms with Crippen LogP contribution in [0, 0.1) is 0 Å². The van der Waals surface area contributed by atoms with Crippen molar-refractivity contribution in [3.8, 4) is 0 Å². The van der Waals surface area contributed by atoms with Crippen LogP contribution in [0.1, 0.15) is 18.1 Å². The van der Waals surface area contributed by atoms with Gasteiger partial charge >= 0.3 is 5.97 Å². The average Bonchev–Trinajstić information content (AvgIpc) is 2.53. The highest BCUT2D eigenvalue weighted by Gasteiger charge is 2.20. The molecule has 2 rings (SSSR count). The number of ether oxygens (including phenoxy) is 1. The van der Waals surface area contributed by atoms with Crippen molar-refractivity contribution in [1.29, 1.82) is 0 Å². The Labute approximate surface area is 129 Å². The highest BCUT2D eigenvalue weighted by Crippen LogP contribution is 2.13. The Morgan fingerprint density at radius 2 is 1.68 bits per heavy atom. The lowest BCUT2D eigenvalue weighted by Gasteiger charge is -2.07. The second kappa shape index (κ2) is 7.17. The molecule has 1 aromatic carbocycles. The van der Waals surface area contributed by atoms with Gasteiger partial charge in [0.05, 0.1) is 4.90 Å². The van der Waals surface area contributed by atoms with Gasteiger partial charge in [-0.05, 0) is 41.8 Å². The van der Waals surface area contributed by atoms with Gasteiger partial charge in [0.1, 0.15) is 6.61 Å². The van der Waals surface area contributed by atoms with Crippen molar-refractivity contribution in [1.82, 2.24) is 4.98 Å². The molecule has 0 amide bonds. The molecule has 5 nitrogen and oxygen atoms in total. The maximum absolute atomic E-state index is 12.1. The summed E-state index contributed by atoms with van der Waals surface area (Å²) in [6.07, 6.45) is 3.98. The van der Waals surface area contributed by atoms with E-state index in [2.05, 4.69) is 4.98 Å². The molecule has 0 aliphatic rings. The summed E-state index contributed by atoms with van der Waals surface area (Å²) in [4.78, 5) is 15.7. The highest BCUT2D eigenvalue weighted by molar-refractivity contribution is 7.92. The van der Waals surface area contributed by atoms with Crippen LogP contribution in [0.25, 0.3) is 0 Å². The summed E-state index contributed by atoms with van der Waals surface area (Å²) >= 11 is 0. The Morgan fingerprint density at radius 3 is 2.27 bits per heavy atom. The number of sulfone groups is 1. The highest BCUT2D eigenvalue weighted by atomic mass is 32.2. The van der Waals surface area contributed by atoms with E-state index in [4.69, 9.17) is 4.74 Å². The number of hydrogen-bond acceptors (Lipinski definition) is 5. The molecule has 2 aromatic rings. The van der Waals surface area contributed by atoms with Crippen LogP contribution >= 0.6 is 0 Å². The summed E-state index contributed by atoms with van der Waals surface area (Å²) in [6, 6.07) is 9.93. The minimum absolute atomic E-state index is 0.0334. The van der Waals surface area contributed by atoms with Gasteiger partial charge in [0.15, 0.2) is 15.6 Å². The first kappa shape index (κ1) is 16.2. The molecule has 0 aliphatic carbocycles. The smallest absolute Gasteiger partial charge is 0.321 e. The molecule has 0 aliphatic heterocycles. The molecule has 0 bridgehead atoms. The minimum Gasteiger partial charge on any atom is -0.460 e. The third kappa shape index (κ3) is 4.39. The second-order valence-electron chi connectivity index (χ2n) is 4.77. The topological polar surface area (TPSA) is 73.3 Å². The fourth-order valence-corrected chi connectivity index (χ4v) is 2.97. The Hall–Kier alpha value is -2.21. The maximum atomic E-state index is 12.1. The van der Waals surface area contributed by atoms with E-state index in [1.54, 1.807) is 36.7 Å². The van der Waals surface area contributed by atoms with Gasteiger partial charge in [0, 0.05) is 12.4 Å². The predicted molar refractivity (Wildman–Crippen MR) is 81.9 cm³/mol. The molecule has 0 N–H and O–H groups in total. The molecule has 22 heavy (non-hydrogen) atoms. The van der Waals surface area contributed by atoms with E-state index in [0.29, 0.717) is 0 Å². The van der Waals surface area contributed by atoms with Crippen LogP contribution in [-0.4, -0.2) is 25.1 Å². The van der Waals surface area contributed by atoms with Crippen LogP contribution in [0.2, 0.25) is 0 Å². The van der Waals surface area contributed by atoms with Crippen molar-refractivity contribution in [3.05, 3.63) is 59.9 Å². The number of carbonyl (C=O) groups is 1. The third-order valence-corrected chi connectivity index (χ3v) is 4.75. The van der Waals surface area contributed by atoms with Crippen LogP contribution in [-0.2, 0) is 32.4 Å². The number of benzene rings is 1. The van der Waals surface area contributed by atoms with Gasteiger partial charge in [-0.2, -0.15) is 0 Å². The molecule has 1 aromatic heterocycles. The standard InChI is InChI=1S/C16H17NO4S/c1-2-13-3-5-15(6-4-13)22(19,20)12-16(18)21-11-14-7-9-17-10-8-14/h3-10H,2,11-12H2,1H3. The van der Waals surface area contributed by atoms with Crippen LogP contribution in [0.3, 0.4) is 0 Å². The van der Waals surface area contributed by atoms with Crippen LogP contribution < -0.4 is 0 Å². The number of pyridine rings is 1. The molecular weight excluding hydrogens is 302 g/mol. The average molecular weight is 319 g/mol. The molecule has 1 heterocycles. The van der Waals surface area contributed by atoms with Gasteiger partial charge in [-0.3, -0.25) is 9.78 Å². The van der Waals surface area contributed by atoms with Crippen LogP contribution in [0.5, 0.6) is 0 Å². The summed E-state index contributed by atoms with van der Waals surface area (Å²) in [5, 5.41) is 0. The number of hydrogen-bond donors (Lipinski definition) is 0. The molecule has 0 radical (unpaired) electrons. The zero-order valence-electron chi connectivity index (χ0n) is 12.2. The molecule has 0 atom stereocenters. The van der Waals surface area contributed by atoms with Crippen molar-refractivity contribution in [2.24, 2.45) is 0 Å². The van der Waals surface area contributed by atoms with Gasteiger partial charge in [0.25, 0.3) is 0 Å². The van der Waals surface area contributed by atoms with E-state index in [1.165, 1.54) is 12.1 Å². The lowest BCUT2D eigenvalue weighted by Crippen LogP contribution is -2.18. The van der Waals surface area contributed by atoms with Crippen LogP contribution in [0.4, 0.5) is 0 Å². The summed E-state index contributed by atoms with van der Waals surface area (Å²) in [7, 11) is -3.68. The lowest BCUT2D eigenvalue weighted by atomic mass is 10.2. The van der Waals surface area contributed by atoms with Gasteiger partial charge in [-0.15, -0.1) is 0 Å². The molecule has 0 spiro atoms. The van der Waals surface area contributed by atoms with E-state index in [0.717, 1.165) is 17.5 Å². The van der Waals surface area contributed by atoms with E-state index in [9.17, 15) is 13.2 Å². The number of carbonyl (C=O) groups excluding carboxylic acids is 1. The van der Waals surface area contributed by atoms with Gasteiger partial charge in [0.2, 0.25) is 0 Å². The Bertz CT molecular complexity index is 725. The SMILES string of the molecule is CCc1ccc(S(=O)(=O)CC(=O)OCc2ccncc2)cc1. The van der Waals surface area contributed by atoms with E-state index in [-0.39, 0.29) is 11.5 Å². The third-order valence-electron chi connectivity index (χ3n) is 3.15. The molecule has 0 fully saturated rings. The molecule has 6 heteroatoms. The largest absolute Gasteiger partial charge is 0.460 e. The molecule has 116 valence electrons. The first-order valence-corrected chi connectivity index (χ1v) is 8.52. The fourth-order valence-electron chi connectivity index (χ4n) is 1.86.